The standard InChI is InChI=1S/C24H26ClF3N2O3S/c25-21-18(4-3-5-19(21)24(26,27)28)23(31)30-22(20-6-1-2-13-29-20)16-9-11-17(12-10-16)34(32,33)14-15-7-8-15/h3-5,9-12,15,20,22,29H,1-2,6-8,13-14H2,(H,30,31)/t20?,22-/m1/s1. The smallest absolute Gasteiger partial charge is 0.344 e. The Labute approximate surface area is 202 Å². The molecule has 1 heterocycles. The second-order valence-electron chi connectivity index (χ2n) is 8.97. The van der Waals surface area contributed by atoms with E-state index in [1.54, 1.807) is 12.1 Å². The molecule has 1 unspecified atom stereocenters. The molecule has 1 saturated heterocycles. The molecule has 2 aromatic carbocycles. The minimum Gasteiger partial charge on any atom is -0.344 e. The zero-order chi connectivity index (χ0) is 24.5. The Balaban J connectivity index is 1.60. The lowest BCUT2D eigenvalue weighted by Gasteiger charge is -2.32. The van der Waals surface area contributed by atoms with Gasteiger partial charge < -0.3 is 10.6 Å². The number of hydrogen-bond acceptors (Lipinski definition) is 4. The van der Waals surface area contributed by atoms with Crippen molar-refractivity contribution in [1.82, 2.24) is 10.6 Å². The first-order valence-electron chi connectivity index (χ1n) is 11.3. The van der Waals surface area contributed by atoms with Crippen molar-refractivity contribution in [3.05, 3.63) is 64.2 Å². The summed E-state index contributed by atoms with van der Waals surface area (Å²) in [6.07, 6.45) is -0.159. The minimum absolute atomic E-state index is 0.130. The SMILES string of the molecule is O=C(N[C@H](c1ccc(S(=O)(=O)CC2CC2)cc1)C1CCCCN1)c1cccc(C(F)(F)F)c1Cl. The summed E-state index contributed by atoms with van der Waals surface area (Å²) < 4.78 is 64.9. The molecule has 2 aromatic rings. The molecule has 1 aliphatic carbocycles. The summed E-state index contributed by atoms with van der Waals surface area (Å²) in [6, 6.07) is 8.90. The van der Waals surface area contributed by atoms with Gasteiger partial charge in [0.05, 0.1) is 32.8 Å². The van der Waals surface area contributed by atoms with Gasteiger partial charge in [-0.3, -0.25) is 4.79 Å². The molecule has 1 amide bonds. The number of carbonyl (C=O) groups is 1. The van der Waals surface area contributed by atoms with E-state index < -0.39 is 38.5 Å². The molecule has 34 heavy (non-hydrogen) atoms. The number of benzene rings is 2. The molecule has 0 bridgehead atoms. The Kier molecular flexibility index (Phi) is 7.26. The third kappa shape index (κ3) is 5.75. The lowest BCUT2D eigenvalue weighted by molar-refractivity contribution is -0.137. The molecule has 2 N–H and O–H groups in total. The summed E-state index contributed by atoms with van der Waals surface area (Å²) in [4.78, 5) is 13.3. The van der Waals surface area contributed by atoms with Crippen LogP contribution in [-0.4, -0.2) is 32.7 Å². The average Bonchev–Trinajstić information content (AvgIpc) is 3.60. The first kappa shape index (κ1) is 25.0. The number of piperidine rings is 1. The normalized spacial score (nSPS) is 20.1. The molecule has 2 aliphatic rings. The molecule has 0 spiro atoms. The largest absolute Gasteiger partial charge is 0.417 e. The van der Waals surface area contributed by atoms with Gasteiger partial charge in [0.25, 0.3) is 5.91 Å². The summed E-state index contributed by atoms with van der Waals surface area (Å²) in [6.45, 7) is 0.745. The van der Waals surface area contributed by atoms with E-state index in [0.717, 1.165) is 50.8 Å². The van der Waals surface area contributed by atoms with Gasteiger partial charge in [-0.25, -0.2) is 8.42 Å². The number of hydrogen-bond donors (Lipinski definition) is 2. The zero-order valence-corrected chi connectivity index (χ0v) is 19.9. The van der Waals surface area contributed by atoms with E-state index in [0.29, 0.717) is 5.56 Å². The van der Waals surface area contributed by atoms with Crippen LogP contribution < -0.4 is 10.6 Å². The third-order valence-electron chi connectivity index (χ3n) is 6.34. The Morgan fingerprint density at radius 1 is 1.09 bits per heavy atom. The Morgan fingerprint density at radius 3 is 2.38 bits per heavy atom. The highest BCUT2D eigenvalue weighted by atomic mass is 35.5. The summed E-state index contributed by atoms with van der Waals surface area (Å²) in [7, 11) is -3.38. The van der Waals surface area contributed by atoms with Crippen LogP contribution in [0.4, 0.5) is 13.2 Å². The molecule has 2 fully saturated rings. The van der Waals surface area contributed by atoms with Crippen LogP contribution in [0.3, 0.4) is 0 Å². The predicted octanol–water partition coefficient (Wildman–Crippen LogP) is 5.16. The minimum atomic E-state index is -4.68. The summed E-state index contributed by atoms with van der Waals surface area (Å²) in [5, 5.41) is 5.55. The van der Waals surface area contributed by atoms with Gasteiger partial charge in [-0.05, 0) is 68.0 Å². The van der Waals surface area contributed by atoms with Gasteiger partial charge in [-0.2, -0.15) is 13.2 Å². The van der Waals surface area contributed by atoms with Crippen molar-refractivity contribution in [2.24, 2.45) is 5.92 Å². The summed E-state index contributed by atoms with van der Waals surface area (Å²) in [5.41, 5.74) is -0.665. The second kappa shape index (κ2) is 9.87. The fourth-order valence-electron chi connectivity index (χ4n) is 4.30. The van der Waals surface area contributed by atoms with Crippen LogP contribution in [0.5, 0.6) is 0 Å². The average molecular weight is 515 g/mol. The first-order chi connectivity index (χ1) is 16.1. The van der Waals surface area contributed by atoms with E-state index >= 15 is 0 Å². The van der Waals surface area contributed by atoms with E-state index in [9.17, 15) is 26.4 Å². The number of carbonyl (C=O) groups excluding carboxylic acids is 1. The van der Waals surface area contributed by atoms with E-state index in [1.807, 2.05) is 0 Å². The van der Waals surface area contributed by atoms with Crippen molar-refractivity contribution < 1.29 is 26.4 Å². The summed E-state index contributed by atoms with van der Waals surface area (Å²) in [5.74, 6) is -0.371. The number of amides is 1. The molecule has 184 valence electrons. The predicted molar refractivity (Wildman–Crippen MR) is 124 cm³/mol. The molecule has 2 atom stereocenters. The number of sulfone groups is 1. The van der Waals surface area contributed by atoms with Gasteiger partial charge in [0.1, 0.15) is 0 Å². The van der Waals surface area contributed by atoms with Crippen molar-refractivity contribution in [2.75, 3.05) is 12.3 Å². The van der Waals surface area contributed by atoms with Gasteiger partial charge >= 0.3 is 6.18 Å². The number of nitrogens with one attached hydrogen (secondary N) is 2. The molecule has 5 nitrogen and oxygen atoms in total. The Hall–Kier alpha value is -2.10. The van der Waals surface area contributed by atoms with Crippen LogP contribution in [0.1, 0.15) is 59.6 Å². The lowest BCUT2D eigenvalue weighted by Crippen LogP contribution is -2.46. The van der Waals surface area contributed by atoms with Crippen LogP contribution >= 0.6 is 11.6 Å². The van der Waals surface area contributed by atoms with E-state index in [-0.39, 0.29) is 28.2 Å². The fraction of sp³-hybridized carbons (Fsp3) is 0.458. The maximum Gasteiger partial charge on any atom is 0.417 e. The van der Waals surface area contributed by atoms with E-state index in [1.165, 1.54) is 18.2 Å². The quantitative estimate of drug-likeness (QED) is 0.535. The molecule has 4 rings (SSSR count). The molecular weight excluding hydrogens is 489 g/mol. The monoisotopic (exact) mass is 514 g/mol. The lowest BCUT2D eigenvalue weighted by atomic mass is 9.92. The molecule has 0 radical (unpaired) electrons. The van der Waals surface area contributed by atoms with Crippen molar-refractivity contribution >= 4 is 27.3 Å². The summed E-state index contributed by atoms with van der Waals surface area (Å²) >= 11 is 5.96. The Morgan fingerprint density at radius 2 is 1.79 bits per heavy atom. The van der Waals surface area contributed by atoms with Crippen LogP contribution in [0, 0.1) is 5.92 Å². The van der Waals surface area contributed by atoms with Crippen molar-refractivity contribution in [3.63, 3.8) is 0 Å². The first-order valence-corrected chi connectivity index (χ1v) is 13.3. The maximum atomic E-state index is 13.3. The van der Waals surface area contributed by atoms with Crippen LogP contribution in [0.15, 0.2) is 47.4 Å². The second-order valence-corrected chi connectivity index (χ2v) is 11.4. The highest BCUT2D eigenvalue weighted by molar-refractivity contribution is 7.91. The van der Waals surface area contributed by atoms with Crippen LogP contribution in [0.2, 0.25) is 5.02 Å². The molecule has 1 aliphatic heterocycles. The molecule has 1 saturated carbocycles. The van der Waals surface area contributed by atoms with Gasteiger partial charge in [0.15, 0.2) is 9.84 Å². The number of alkyl halides is 3. The highest BCUT2D eigenvalue weighted by Gasteiger charge is 2.35. The Bertz CT molecular complexity index is 1140. The van der Waals surface area contributed by atoms with Gasteiger partial charge in [0, 0.05) is 6.04 Å². The van der Waals surface area contributed by atoms with Gasteiger partial charge in [0.2, 0.25) is 0 Å². The fourth-order valence-corrected chi connectivity index (χ4v) is 6.31. The number of rotatable bonds is 7. The molecule has 10 heteroatoms. The molecule has 0 aromatic heterocycles. The van der Waals surface area contributed by atoms with E-state index in [4.69, 9.17) is 11.6 Å². The van der Waals surface area contributed by atoms with E-state index in [2.05, 4.69) is 10.6 Å². The number of halogens is 4. The van der Waals surface area contributed by atoms with Crippen LogP contribution in [0.25, 0.3) is 0 Å². The zero-order valence-electron chi connectivity index (χ0n) is 18.4. The van der Waals surface area contributed by atoms with Crippen molar-refractivity contribution in [3.8, 4) is 0 Å². The topological polar surface area (TPSA) is 75.3 Å². The maximum absolute atomic E-state index is 13.3. The van der Waals surface area contributed by atoms with Crippen molar-refractivity contribution in [1.29, 1.82) is 0 Å². The molecular formula is C24H26ClF3N2O3S. The highest BCUT2D eigenvalue weighted by Crippen LogP contribution is 2.37. The van der Waals surface area contributed by atoms with Gasteiger partial charge in [-0.1, -0.05) is 36.2 Å². The van der Waals surface area contributed by atoms with Crippen LogP contribution in [-0.2, 0) is 16.0 Å². The van der Waals surface area contributed by atoms with Gasteiger partial charge in [-0.15, -0.1) is 0 Å². The third-order valence-corrected chi connectivity index (χ3v) is 8.64. The van der Waals surface area contributed by atoms with Crippen molar-refractivity contribution in [2.45, 2.75) is 55.3 Å².